The number of hydrogen-bond acceptors (Lipinski definition) is 6. The molecule has 0 aliphatic heterocycles. The molecule has 0 radical (unpaired) electrons. The van der Waals surface area contributed by atoms with Gasteiger partial charge >= 0.3 is 5.97 Å². The molecule has 0 fully saturated rings. The zero-order valence-electron chi connectivity index (χ0n) is 22.3. The second kappa shape index (κ2) is 14.1. The minimum Gasteiger partial charge on any atom is -0.492 e. The number of carboxylic acids is 1. The van der Waals surface area contributed by atoms with E-state index in [0.29, 0.717) is 47.1 Å². The number of amides is 1. The predicted octanol–water partition coefficient (Wildman–Crippen LogP) is 6.02. The van der Waals surface area contributed by atoms with E-state index in [1.165, 1.54) is 11.3 Å². The number of anilines is 1. The number of carbonyl (C=O) groups is 3. The standard InChI is InChI=1S/C32H32N2O5S/c1-2-18-34(31(36)29-13-8-21-40-29)19-20-39-25-16-14-23(15-17-25)22-28(32(37)38)33-27-12-7-6-11-26(27)30(35)24-9-4-3-5-10-24/h3-17,21,28,33H,2,18-20,22H2,1H3,(H,37,38). The third-order valence-corrected chi connectivity index (χ3v) is 7.20. The van der Waals surface area contributed by atoms with Crippen LogP contribution >= 0.6 is 11.3 Å². The van der Waals surface area contributed by atoms with Crippen molar-refractivity contribution in [1.82, 2.24) is 4.90 Å². The molecule has 1 amide bonds. The van der Waals surface area contributed by atoms with Gasteiger partial charge < -0.3 is 20.1 Å². The highest BCUT2D eigenvalue weighted by atomic mass is 32.1. The summed E-state index contributed by atoms with van der Waals surface area (Å²) < 4.78 is 5.88. The summed E-state index contributed by atoms with van der Waals surface area (Å²) in [6.45, 7) is 3.51. The van der Waals surface area contributed by atoms with Crippen LogP contribution in [0, 0.1) is 0 Å². The Bertz CT molecular complexity index is 1410. The molecular weight excluding hydrogens is 524 g/mol. The second-order valence-corrected chi connectivity index (χ2v) is 10.2. The first-order valence-electron chi connectivity index (χ1n) is 13.2. The van der Waals surface area contributed by atoms with Gasteiger partial charge in [-0.2, -0.15) is 0 Å². The number of nitrogens with zero attached hydrogens (tertiary/aromatic N) is 1. The number of rotatable bonds is 14. The van der Waals surface area contributed by atoms with E-state index in [1.54, 1.807) is 65.6 Å². The van der Waals surface area contributed by atoms with Crippen LogP contribution in [0.25, 0.3) is 0 Å². The molecular formula is C32H32N2O5S. The van der Waals surface area contributed by atoms with Gasteiger partial charge in [0.15, 0.2) is 5.78 Å². The molecule has 4 rings (SSSR count). The Labute approximate surface area is 238 Å². The molecule has 1 unspecified atom stereocenters. The molecule has 1 heterocycles. The molecule has 40 heavy (non-hydrogen) atoms. The van der Waals surface area contributed by atoms with E-state index in [1.807, 2.05) is 42.6 Å². The average molecular weight is 557 g/mol. The molecule has 2 N–H and O–H groups in total. The van der Waals surface area contributed by atoms with Crippen LogP contribution in [-0.2, 0) is 11.2 Å². The highest BCUT2D eigenvalue weighted by molar-refractivity contribution is 7.12. The SMILES string of the molecule is CCCN(CCOc1ccc(CC(Nc2ccccc2C(=O)c2ccccc2)C(=O)O)cc1)C(=O)c1cccs1. The second-order valence-electron chi connectivity index (χ2n) is 9.24. The molecule has 8 heteroatoms. The highest BCUT2D eigenvalue weighted by Gasteiger charge is 2.21. The van der Waals surface area contributed by atoms with Crippen LogP contribution in [0.3, 0.4) is 0 Å². The van der Waals surface area contributed by atoms with E-state index >= 15 is 0 Å². The van der Waals surface area contributed by atoms with Gasteiger partial charge in [0.1, 0.15) is 18.4 Å². The Morgan fingerprint density at radius 3 is 2.30 bits per heavy atom. The lowest BCUT2D eigenvalue weighted by Crippen LogP contribution is -2.34. The van der Waals surface area contributed by atoms with Gasteiger partial charge in [-0.05, 0) is 47.7 Å². The summed E-state index contributed by atoms with van der Waals surface area (Å²) in [6, 6.07) is 25.8. The van der Waals surface area contributed by atoms with E-state index in [9.17, 15) is 19.5 Å². The first-order chi connectivity index (χ1) is 19.5. The van der Waals surface area contributed by atoms with Gasteiger partial charge in [0.25, 0.3) is 5.91 Å². The van der Waals surface area contributed by atoms with E-state index in [2.05, 4.69) is 5.32 Å². The Kier molecular flexibility index (Phi) is 10.1. The Hall–Kier alpha value is -4.43. The molecule has 4 aromatic rings. The summed E-state index contributed by atoms with van der Waals surface area (Å²) in [4.78, 5) is 40.4. The van der Waals surface area contributed by atoms with Gasteiger partial charge in [-0.15, -0.1) is 11.3 Å². The van der Waals surface area contributed by atoms with Crippen molar-refractivity contribution in [2.45, 2.75) is 25.8 Å². The van der Waals surface area contributed by atoms with Crippen molar-refractivity contribution in [1.29, 1.82) is 0 Å². The lowest BCUT2D eigenvalue weighted by Gasteiger charge is -2.21. The third-order valence-electron chi connectivity index (χ3n) is 6.34. The topological polar surface area (TPSA) is 95.9 Å². The molecule has 206 valence electrons. The van der Waals surface area contributed by atoms with Crippen molar-refractivity contribution in [2.24, 2.45) is 0 Å². The molecule has 0 bridgehead atoms. The minimum absolute atomic E-state index is 0.00931. The van der Waals surface area contributed by atoms with Crippen LogP contribution in [0.5, 0.6) is 5.75 Å². The fraction of sp³-hybridized carbons (Fsp3) is 0.219. The average Bonchev–Trinajstić information content (AvgIpc) is 3.52. The first kappa shape index (κ1) is 28.6. The number of thiophene rings is 1. The van der Waals surface area contributed by atoms with Crippen molar-refractivity contribution in [3.05, 3.63) is 118 Å². The molecule has 7 nitrogen and oxygen atoms in total. The van der Waals surface area contributed by atoms with Gasteiger partial charge in [0.05, 0.1) is 11.4 Å². The van der Waals surface area contributed by atoms with Gasteiger partial charge in [-0.1, -0.05) is 67.6 Å². The van der Waals surface area contributed by atoms with E-state index in [4.69, 9.17) is 4.74 Å². The van der Waals surface area contributed by atoms with Crippen LogP contribution in [0.15, 0.2) is 96.4 Å². The number of benzene rings is 3. The number of ketones is 1. The maximum absolute atomic E-state index is 13.1. The summed E-state index contributed by atoms with van der Waals surface area (Å²) in [7, 11) is 0. The van der Waals surface area contributed by atoms with Crippen molar-refractivity contribution in [3.8, 4) is 5.75 Å². The lowest BCUT2D eigenvalue weighted by atomic mass is 10.00. The van der Waals surface area contributed by atoms with Crippen molar-refractivity contribution >= 4 is 34.7 Å². The highest BCUT2D eigenvalue weighted by Crippen LogP contribution is 2.22. The third kappa shape index (κ3) is 7.57. The molecule has 0 spiro atoms. The number of aliphatic carboxylic acids is 1. The summed E-state index contributed by atoms with van der Waals surface area (Å²) in [5.41, 5.74) is 2.23. The molecule has 3 aromatic carbocycles. The summed E-state index contributed by atoms with van der Waals surface area (Å²) in [6.07, 6.45) is 1.07. The van der Waals surface area contributed by atoms with E-state index in [0.717, 1.165) is 12.0 Å². The minimum atomic E-state index is -1.02. The van der Waals surface area contributed by atoms with E-state index in [-0.39, 0.29) is 18.1 Å². The zero-order valence-corrected chi connectivity index (χ0v) is 23.1. The van der Waals surface area contributed by atoms with Crippen LogP contribution in [0.1, 0.15) is 44.5 Å². The number of hydrogen-bond donors (Lipinski definition) is 2. The van der Waals surface area contributed by atoms with Gasteiger partial charge in [-0.3, -0.25) is 9.59 Å². The normalized spacial score (nSPS) is 11.4. The smallest absolute Gasteiger partial charge is 0.326 e. The maximum atomic E-state index is 13.1. The van der Waals surface area contributed by atoms with Crippen molar-refractivity contribution in [3.63, 3.8) is 0 Å². The van der Waals surface area contributed by atoms with E-state index < -0.39 is 12.0 Å². The quantitative estimate of drug-likeness (QED) is 0.185. The van der Waals surface area contributed by atoms with Crippen LogP contribution in [-0.4, -0.2) is 53.4 Å². The molecule has 0 aliphatic rings. The monoisotopic (exact) mass is 556 g/mol. The molecule has 1 atom stereocenters. The fourth-order valence-electron chi connectivity index (χ4n) is 4.31. The van der Waals surface area contributed by atoms with Gasteiger partial charge in [-0.25, -0.2) is 4.79 Å². The molecule has 1 aromatic heterocycles. The summed E-state index contributed by atoms with van der Waals surface area (Å²) >= 11 is 1.43. The van der Waals surface area contributed by atoms with Crippen molar-refractivity contribution in [2.75, 3.05) is 25.0 Å². The number of carbonyl (C=O) groups excluding carboxylic acids is 2. The molecule has 0 aliphatic carbocycles. The number of para-hydroxylation sites is 1. The summed E-state index contributed by atoms with van der Waals surface area (Å²) in [5, 5.41) is 14.9. The largest absolute Gasteiger partial charge is 0.492 e. The van der Waals surface area contributed by atoms with Gasteiger partial charge in [0, 0.05) is 29.8 Å². The Morgan fingerprint density at radius 1 is 0.900 bits per heavy atom. The number of ether oxygens (including phenoxy) is 1. The van der Waals surface area contributed by atoms with Crippen LogP contribution < -0.4 is 10.1 Å². The van der Waals surface area contributed by atoms with Crippen LogP contribution in [0.2, 0.25) is 0 Å². The molecule has 0 saturated heterocycles. The maximum Gasteiger partial charge on any atom is 0.326 e. The Balaban J connectivity index is 1.36. The fourth-order valence-corrected chi connectivity index (χ4v) is 5.00. The van der Waals surface area contributed by atoms with Gasteiger partial charge in [0.2, 0.25) is 0 Å². The predicted molar refractivity (Wildman–Crippen MR) is 158 cm³/mol. The van der Waals surface area contributed by atoms with Crippen molar-refractivity contribution < 1.29 is 24.2 Å². The number of carboxylic acid groups (broad SMARTS) is 1. The lowest BCUT2D eigenvalue weighted by molar-refractivity contribution is -0.137. The number of nitrogens with one attached hydrogen (secondary N) is 1. The molecule has 0 saturated carbocycles. The van der Waals surface area contributed by atoms with Crippen LogP contribution in [0.4, 0.5) is 5.69 Å². The zero-order chi connectivity index (χ0) is 28.3. The first-order valence-corrected chi connectivity index (χ1v) is 14.1. The summed E-state index contributed by atoms with van der Waals surface area (Å²) in [5.74, 6) is -0.546. The Morgan fingerprint density at radius 2 is 1.62 bits per heavy atom.